The summed E-state index contributed by atoms with van der Waals surface area (Å²) in [5.74, 6) is -0.847. The maximum atomic E-state index is 10.4. The molecule has 0 atom stereocenters. The third-order valence-corrected chi connectivity index (χ3v) is 1.70. The number of amides is 1. The van der Waals surface area contributed by atoms with Crippen molar-refractivity contribution < 1.29 is 14.7 Å². The summed E-state index contributed by atoms with van der Waals surface area (Å²) in [6.45, 7) is 4.89. The topological polar surface area (TPSA) is 69.6 Å². The van der Waals surface area contributed by atoms with Crippen molar-refractivity contribution in [2.45, 2.75) is 19.9 Å². The molecule has 0 aromatic carbocycles. The average molecular weight is 188 g/mol. The second kappa shape index (κ2) is 6.42. The molecule has 0 unspecified atom stereocenters. The lowest BCUT2D eigenvalue weighted by molar-refractivity contribution is -0.138. The van der Waals surface area contributed by atoms with Crippen LogP contribution in [0.4, 0.5) is 0 Å². The van der Waals surface area contributed by atoms with Gasteiger partial charge in [-0.25, -0.2) is 0 Å². The third-order valence-electron chi connectivity index (χ3n) is 1.70. The minimum Gasteiger partial charge on any atom is -0.480 e. The lowest BCUT2D eigenvalue weighted by Crippen LogP contribution is -2.40. The standard InChI is InChI=1S/C8H16N2O3/c1-7(2)10(5-8(12)13)4-3-9-6-11/h6-7H,3-5H2,1-2H3,(H,9,11)(H,12,13). The van der Waals surface area contributed by atoms with Crippen LogP contribution in [0.3, 0.4) is 0 Å². The molecule has 5 heteroatoms. The summed E-state index contributed by atoms with van der Waals surface area (Å²) < 4.78 is 0. The smallest absolute Gasteiger partial charge is 0.317 e. The van der Waals surface area contributed by atoms with E-state index in [0.29, 0.717) is 19.5 Å². The Balaban J connectivity index is 3.80. The van der Waals surface area contributed by atoms with Crippen molar-refractivity contribution in [2.75, 3.05) is 19.6 Å². The van der Waals surface area contributed by atoms with Gasteiger partial charge in [-0.1, -0.05) is 0 Å². The number of rotatable bonds is 7. The molecule has 0 aliphatic carbocycles. The number of carboxylic acids is 1. The van der Waals surface area contributed by atoms with Gasteiger partial charge in [-0.3, -0.25) is 14.5 Å². The summed E-state index contributed by atoms with van der Waals surface area (Å²) in [6, 6.07) is 0.171. The highest BCUT2D eigenvalue weighted by Crippen LogP contribution is 1.95. The highest BCUT2D eigenvalue weighted by atomic mass is 16.4. The van der Waals surface area contributed by atoms with Gasteiger partial charge in [-0.05, 0) is 13.8 Å². The van der Waals surface area contributed by atoms with Crippen LogP contribution in [0.15, 0.2) is 0 Å². The van der Waals surface area contributed by atoms with Crippen molar-refractivity contribution in [1.82, 2.24) is 10.2 Å². The molecule has 0 heterocycles. The Hall–Kier alpha value is -1.10. The number of carbonyl (C=O) groups is 2. The first-order chi connectivity index (χ1) is 6.07. The number of nitrogens with one attached hydrogen (secondary N) is 1. The van der Waals surface area contributed by atoms with E-state index in [2.05, 4.69) is 5.32 Å². The van der Waals surface area contributed by atoms with E-state index in [9.17, 15) is 9.59 Å². The van der Waals surface area contributed by atoms with E-state index < -0.39 is 5.97 Å². The van der Waals surface area contributed by atoms with E-state index in [0.717, 1.165) is 0 Å². The fraction of sp³-hybridized carbons (Fsp3) is 0.750. The summed E-state index contributed by atoms with van der Waals surface area (Å²) in [5, 5.41) is 11.0. The molecule has 76 valence electrons. The predicted octanol–water partition coefficient (Wildman–Crippen LogP) is -0.473. The van der Waals surface area contributed by atoms with Gasteiger partial charge in [0.2, 0.25) is 6.41 Å². The first-order valence-electron chi connectivity index (χ1n) is 4.20. The number of carboxylic acid groups (broad SMARTS) is 1. The normalized spacial score (nSPS) is 10.5. The molecule has 0 radical (unpaired) electrons. The van der Waals surface area contributed by atoms with Gasteiger partial charge >= 0.3 is 5.97 Å². The number of hydrogen-bond donors (Lipinski definition) is 2. The Morgan fingerprint density at radius 1 is 1.62 bits per heavy atom. The van der Waals surface area contributed by atoms with Gasteiger partial charge in [-0.2, -0.15) is 0 Å². The fourth-order valence-corrected chi connectivity index (χ4v) is 0.961. The zero-order valence-electron chi connectivity index (χ0n) is 7.99. The summed E-state index contributed by atoms with van der Waals surface area (Å²) in [4.78, 5) is 22.1. The van der Waals surface area contributed by atoms with Crippen LogP contribution in [0.25, 0.3) is 0 Å². The summed E-state index contributed by atoms with van der Waals surface area (Å²) >= 11 is 0. The van der Waals surface area contributed by atoms with Crippen LogP contribution in [-0.2, 0) is 9.59 Å². The molecule has 0 saturated heterocycles. The monoisotopic (exact) mass is 188 g/mol. The predicted molar refractivity (Wildman–Crippen MR) is 48.4 cm³/mol. The molecule has 1 amide bonds. The van der Waals surface area contributed by atoms with Gasteiger partial charge in [0.05, 0.1) is 6.54 Å². The largest absolute Gasteiger partial charge is 0.480 e. The molecule has 2 N–H and O–H groups in total. The Labute approximate surface area is 77.7 Å². The molecule has 5 nitrogen and oxygen atoms in total. The first kappa shape index (κ1) is 11.9. The van der Waals surface area contributed by atoms with Gasteiger partial charge in [-0.15, -0.1) is 0 Å². The Kier molecular flexibility index (Phi) is 5.88. The van der Waals surface area contributed by atoms with Crippen LogP contribution in [0.2, 0.25) is 0 Å². The van der Waals surface area contributed by atoms with Gasteiger partial charge in [0.25, 0.3) is 0 Å². The van der Waals surface area contributed by atoms with Crippen LogP contribution in [0.5, 0.6) is 0 Å². The molecule has 0 aliphatic heterocycles. The molecule has 0 saturated carbocycles. The van der Waals surface area contributed by atoms with E-state index in [1.807, 2.05) is 13.8 Å². The van der Waals surface area contributed by atoms with E-state index in [-0.39, 0.29) is 12.6 Å². The van der Waals surface area contributed by atoms with E-state index in [4.69, 9.17) is 5.11 Å². The minimum atomic E-state index is -0.847. The van der Waals surface area contributed by atoms with Crippen molar-refractivity contribution in [3.63, 3.8) is 0 Å². The zero-order valence-corrected chi connectivity index (χ0v) is 7.99. The SMILES string of the molecule is CC(C)N(CCNC=O)CC(=O)O. The molecule has 13 heavy (non-hydrogen) atoms. The fourth-order valence-electron chi connectivity index (χ4n) is 0.961. The van der Waals surface area contributed by atoms with Crippen molar-refractivity contribution in [3.05, 3.63) is 0 Å². The first-order valence-corrected chi connectivity index (χ1v) is 4.20. The van der Waals surface area contributed by atoms with Crippen LogP contribution < -0.4 is 5.32 Å². The van der Waals surface area contributed by atoms with Crippen molar-refractivity contribution in [2.24, 2.45) is 0 Å². The molecular weight excluding hydrogens is 172 g/mol. The number of aliphatic carboxylic acids is 1. The second-order valence-electron chi connectivity index (χ2n) is 3.03. The van der Waals surface area contributed by atoms with Crippen LogP contribution in [-0.4, -0.2) is 48.1 Å². The highest BCUT2D eigenvalue weighted by molar-refractivity contribution is 5.69. The van der Waals surface area contributed by atoms with Gasteiger partial charge in [0.15, 0.2) is 0 Å². The highest BCUT2D eigenvalue weighted by Gasteiger charge is 2.11. The maximum Gasteiger partial charge on any atom is 0.317 e. The van der Waals surface area contributed by atoms with Crippen molar-refractivity contribution >= 4 is 12.4 Å². The molecule has 0 spiro atoms. The molecule has 0 rings (SSSR count). The van der Waals surface area contributed by atoms with E-state index >= 15 is 0 Å². The van der Waals surface area contributed by atoms with E-state index in [1.165, 1.54) is 0 Å². The second-order valence-corrected chi connectivity index (χ2v) is 3.03. The molecule has 0 fully saturated rings. The molecule has 0 bridgehead atoms. The summed E-state index contributed by atoms with van der Waals surface area (Å²) in [5.41, 5.74) is 0. The van der Waals surface area contributed by atoms with Gasteiger partial charge < -0.3 is 10.4 Å². The van der Waals surface area contributed by atoms with Crippen LogP contribution in [0.1, 0.15) is 13.8 Å². The van der Waals surface area contributed by atoms with Gasteiger partial charge in [0, 0.05) is 19.1 Å². The number of nitrogens with zero attached hydrogens (tertiary/aromatic N) is 1. The Morgan fingerprint density at radius 3 is 2.62 bits per heavy atom. The Morgan fingerprint density at radius 2 is 2.23 bits per heavy atom. The maximum absolute atomic E-state index is 10.4. The Bertz CT molecular complexity index is 171. The number of carbonyl (C=O) groups excluding carboxylic acids is 1. The van der Waals surface area contributed by atoms with Crippen molar-refractivity contribution in [3.8, 4) is 0 Å². The quantitative estimate of drug-likeness (QED) is 0.418. The molecule has 0 aromatic rings. The lowest BCUT2D eigenvalue weighted by Gasteiger charge is -2.23. The van der Waals surface area contributed by atoms with E-state index in [1.54, 1.807) is 4.90 Å². The van der Waals surface area contributed by atoms with Crippen LogP contribution in [0, 0.1) is 0 Å². The molecular formula is C8H16N2O3. The van der Waals surface area contributed by atoms with Crippen molar-refractivity contribution in [1.29, 1.82) is 0 Å². The molecule has 0 aromatic heterocycles. The third kappa shape index (κ3) is 6.10. The summed E-state index contributed by atoms with van der Waals surface area (Å²) in [7, 11) is 0. The molecule has 0 aliphatic rings. The van der Waals surface area contributed by atoms with Gasteiger partial charge in [0.1, 0.15) is 0 Å². The summed E-state index contributed by atoms with van der Waals surface area (Å²) in [6.07, 6.45) is 0.610. The van der Waals surface area contributed by atoms with Crippen LogP contribution >= 0.6 is 0 Å². The lowest BCUT2D eigenvalue weighted by atomic mass is 10.3. The number of hydrogen-bond acceptors (Lipinski definition) is 3. The minimum absolute atomic E-state index is 0.0121. The average Bonchev–Trinajstić information content (AvgIpc) is 2.02. The zero-order chi connectivity index (χ0) is 10.3.